The Morgan fingerprint density at radius 2 is 0.942 bits per heavy atom. The molecule has 3 heterocycles. The lowest BCUT2D eigenvalue weighted by molar-refractivity contribution is -0.144. The number of carbonyl (C=O) groups is 16. The Bertz CT molecular complexity index is 3910. The molecule has 0 bridgehead atoms. The van der Waals surface area contributed by atoms with Crippen molar-refractivity contribution in [3.8, 4) is 11.5 Å². The zero-order chi connectivity index (χ0) is 89.0. The number of likely N-dealkylation sites (tertiary alicyclic amines) is 2. The second kappa shape index (κ2) is 49.4. The van der Waals surface area contributed by atoms with E-state index >= 15 is 9.59 Å². The van der Waals surface area contributed by atoms with Gasteiger partial charge < -0.3 is 122 Å². The average molecular weight is 1690 g/mol. The minimum atomic E-state index is -1.93. The molecule has 42 nitrogen and oxygen atoms in total. The van der Waals surface area contributed by atoms with Crippen molar-refractivity contribution in [3.63, 3.8) is 0 Å². The van der Waals surface area contributed by atoms with Crippen LogP contribution in [0.25, 0.3) is 0 Å². The molecule has 28 N–H and O–H groups in total. The van der Waals surface area contributed by atoms with Gasteiger partial charge in [0.2, 0.25) is 82.7 Å². The van der Waals surface area contributed by atoms with Crippen molar-refractivity contribution in [2.45, 2.75) is 255 Å². The molecule has 3 saturated heterocycles. The van der Waals surface area contributed by atoms with Gasteiger partial charge in [0, 0.05) is 51.9 Å². The zero-order valence-corrected chi connectivity index (χ0v) is 68.8. The highest BCUT2D eigenvalue weighted by Gasteiger charge is 2.44. The lowest BCUT2D eigenvalue weighted by atomic mass is 9.96. The van der Waals surface area contributed by atoms with E-state index < -0.39 is 204 Å². The first kappa shape index (κ1) is 98.6. The van der Waals surface area contributed by atoms with Crippen LogP contribution in [0.15, 0.2) is 48.5 Å². The van der Waals surface area contributed by atoms with E-state index in [0.717, 1.165) is 4.90 Å². The number of hydrogen-bond donors (Lipinski definition) is 23. The highest BCUT2D eigenvalue weighted by atomic mass is 16.6. The number of phenols is 1. The number of guanidine groups is 2. The number of amides is 14. The number of hydrogen-bond acceptors (Lipinski definition) is 22. The fourth-order valence-corrected chi connectivity index (χ4v) is 14.1. The maximum atomic E-state index is 15.2. The van der Waals surface area contributed by atoms with Crippen LogP contribution in [0.3, 0.4) is 0 Å². The molecule has 14 amide bonds. The highest BCUT2D eigenvalue weighted by Crippen LogP contribution is 2.25. The molecule has 0 aliphatic carbocycles. The van der Waals surface area contributed by atoms with Gasteiger partial charge in [-0.1, -0.05) is 72.2 Å². The molecule has 3 aliphatic heterocycles. The van der Waals surface area contributed by atoms with E-state index in [1.807, 2.05) is 0 Å². The minimum absolute atomic E-state index is 0.00109. The Morgan fingerprint density at radius 1 is 0.517 bits per heavy atom. The number of nitrogens with zero attached hydrogens (tertiary/aromatic N) is 2. The smallest absolute Gasteiger partial charge is 0.326 e. The van der Waals surface area contributed by atoms with Gasteiger partial charge in [-0.3, -0.25) is 82.7 Å². The molecular weight excluding hydrogens is 1560 g/mol. The van der Waals surface area contributed by atoms with Crippen molar-refractivity contribution in [2.75, 3.05) is 32.7 Å². The Morgan fingerprint density at radius 3 is 1.42 bits per heavy atom. The van der Waals surface area contributed by atoms with Crippen molar-refractivity contribution in [1.29, 1.82) is 10.8 Å². The Hall–Kier alpha value is -12.0. The van der Waals surface area contributed by atoms with Crippen LogP contribution in [-0.2, 0) is 89.6 Å². The molecular formula is C78H122N22O20. The predicted octanol–water partition coefficient (Wildman–Crippen LogP) is -3.84. The Balaban J connectivity index is 1.41. The first-order valence-corrected chi connectivity index (χ1v) is 40.6. The van der Waals surface area contributed by atoms with Gasteiger partial charge >= 0.3 is 11.9 Å². The standard InChI is InChI=1S/C78H122N22O20/c1-7-43(6)63(73(115)97-57(76(118)119)37-42(4)5)98-70(112)55(39-45-21-25-47(120-85)26-22-45)96-72(114)59-18-13-35-100(59)75(117)52(16-11-33-87-78(83)84)91-64(106)48(15-10-32-86-77(81)82)90-71(113)58-17-12-34-99(58)74(116)51(14-8-9-31-79)92-69(111)56(40-60(80)102)95-66(108)50(28-30-62(104)105)89-68(110)54(38-44-19-23-46(101)24-20-44)94-67(109)53(36-41(2)3)93-65(107)49-27-29-61(103)88-49/h19-26,41-43,48-59,63,101H,7-18,27-40,79,85H2,1-6H3,(H2,80,102)(H,88,103)(H,89,110)(H,90,113)(H,91,106)(H,92,111)(H,93,107)(H,94,109)(H,95,108)(H,96,114)(H,97,115)(H,98,112)(H,104,105)(H,118,119)(H4,81,82,86)(H4,83,84,87). The van der Waals surface area contributed by atoms with Gasteiger partial charge in [0.15, 0.2) is 11.9 Å². The van der Waals surface area contributed by atoms with Gasteiger partial charge in [0.25, 0.3) is 0 Å². The first-order chi connectivity index (χ1) is 56.8. The van der Waals surface area contributed by atoms with Crippen LogP contribution in [0.1, 0.15) is 175 Å². The lowest BCUT2D eigenvalue weighted by Crippen LogP contribution is -2.61. The number of primary amides is 1. The first-order valence-electron chi connectivity index (χ1n) is 40.6. The molecule has 14 unspecified atom stereocenters. The van der Waals surface area contributed by atoms with E-state index in [1.165, 1.54) is 41.3 Å². The molecule has 0 spiro atoms. The minimum Gasteiger partial charge on any atom is -0.508 e. The fourth-order valence-electron chi connectivity index (χ4n) is 14.1. The van der Waals surface area contributed by atoms with Crippen LogP contribution in [0.2, 0.25) is 0 Å². The van der Waals surface area contributed by atoms with Crippen LogP contribution in [0.5, 0.6) is 11.5 Å². The average Bonchev–Trinajstić information content (AvgIpc) is 1.63. The Kier molecular flexibility index (Phi) is 40.6. The fraction of sp³-hybridized carbons (Fsp3) is 0.615. The quantitative estimate of drug-likeness (QED) is 0.0131. The monoisotopic (exact) mass is 1690 g/mol. The molecule has 3 fully saturated rings. The lowest BCUT2D eigenvalue weighted by Gasteiger charge is -2.32. The molecule has 14 atom stereocenters. The molecule has 2 aromatic rings. The van der Waals surface area contributed by atoms with Crippen LogP contribution >= 0.6 is 0 Å². The molecule has 5 rings (SSSR count). The van der Waals surface area contributed by atoms with E-state index in [-0.39, 0.29) is 165 Å². The second-order valence-corrected chi connectivity index (χ2v) is 31.2. The number of rotatable bonds is 51. The highest BCUT2D eigenvalue weighted by molar-refractivity contribution is 6.01. The number of aliphatic carboxylic acids is 2. The van der Waals surface area contributed by atoms with Crippen molar-refractivity contribution in [1.82, 2.24) is 78.9 Å². The summed E-state index contributed by atoms with van der Waals surface area (Å²) in [5.41, 5.74) is 23.6. The van der Waals surface area contributed by atoms with Gasteiger partial charge in [-0.25, -0.2) is 4.79 Å². The maximum absolute atomic E-state index is 15.2. The number of carboxylic acid groups (broad SMARTS) is 2. The summed E-state index contributed by atoms with van der Waals surface area (Å²) in [6.45, 7) is 10.6. The largest absolute Gasteiger partial charge is 0.508 e. The van der Waals surface area contributed by atoms with Gasteiger partial charge in [-0.15, -0.1) is 0 Å². The van der Waals surface area contributed by atoms with E-state index in [0.29, 0.717) is 24.0 Å². The third-order valence-corrected chi connectivity index (χ3v) is 20.7. The number of carbonyl (C=O) groups excluding carboxylic acids is 14. The summed E-state index contributed by atoms with van der Waals surface area (Å²) in [4.78, 5) is 231. The number of unbranched alkanes of at least 4 members (excludes halogenated alkanes) is 1. The summed E-state index contributed by atoms with van der Waals surface area (Å²) in [5, 5.41) is 79.4. The number of benzene rings is 2. The van der Waals surface area contributed by atoms with Gasteiger partial charge in [-0.2, -0.15) is 5.90 Å². The number of aromatic hydroxyl groups is 1. The van der Waals surface area contributed by atoms with Gasteiger partial charge in [0.05, 0.1) is 6.42 Å². The third kappa shape index (κ3) is 32.7. The summed E-state index contributed by atoms with van der Waals surface area (Å²) >= 11 is 0. The van der Waals surface area contributed by atoms with Gasteiger partial charge in [0.1, 0.15) is 90.0 Å². The van der Waals surface area contributed by atoms with Crippen molar-refractivity contribution < 1.29 is 96.9 Å². The van der Waals surface area contributed by atoms with Crippen molar-refractivity contribution in [3.05, 3.63) is 59.7 Å². The Labute approximate surface area is 695 Å². The summed E-state index contributed by atoms with van der Waals surface area (Å²) < 4.78 is 0. The second-order valence-electron chi connectivity index (χ2n) is 31.2. The van der Waals surface area contributed by atoms with Crippen molar-refractivity contribution in [2.24, 2.45) is 46.6 Å². The molecule has 0 radical (unpaired) electrons. The van der Waals surface area contributed by atoms with E-state index in [9.17, 15) is 82.4 Å². The topological polar surface area (TPSA) is 684 Å². The van der Waals surface area contributed by atoms with Crippen molar-refractivity contribution >= 4 is 107 Å². The van der Waals surface area contributed by atoms with E-state index in [1.54, 1.807) is 53.7 Å². The van der Waals surface area contributed by atoms with Crippen LogP contribution in [0.4, 0.5) is 0 Å². The summed E-state index contributed by atoms with van der Waals surface area (Å²) in [7, 11) is 0. The molecule has 2 aromatic carbocycles. The van der Waals surface area contributed by atoms with Gasteiger partial charge in [-0.05, 0) is 156 Å². The third-order valence-electron chi connectivity index (χ3n) is 20.7. The molecule has 664 valence electrons. The SMILES string of the molecule is CCC(C)C(NC(=O)C(Cc1ccc(ON)cc1)NC(=O)C1CCCN1C(=O)C(CCCNC(=N)N)NC(=O)C(CCCNC(=N)N)NC(=O)C1CCCN1C(=O)C(CCCCN)NC(=O)C(CC(N)=O)NC(=O)C(CCC(=O)O)NC(=O)C(Cc1ccc(O)cc1)NC(=O)C(CC(C)C)NC(=O)C1CCC(=O)N1)C(=O)NC(CC(C)C)C(=O)O. The normalized spacial score (nSPS) is 17.7. The van der Waals surface area contributed by atoms with Crippen LogP contribution < -0.4 is 103 Å². The molecule has 120 heavy (non-hydrogen) atoms. The summed E-state index contributed by atoms with van der Waals surface area (Å²) in [5.74, 6) is -11.2. The molecule has 0 aromatic heterocycles. The number of nitrogens with two attached hydrogens (primary N) is 5. The van der Waals surface area contributed by atoms with E-state index in [2.05, 4.69) is 69.1 Å². The predicted molar refractivity (Wildman–Crippen MR) is 435 cm³/mol. The zero-order valence-electron chi connectivity index (χ0n) is 68.8. The van der Waals surface area contributed by atoms with E-state index in [4.69, 9.17) is 44.5 Å². The number of phenolic OH excluding ortho intramolecular Hbond substituents is 1. The molecule has 0 saturated carbocycles. The molecule has 3 aliphatic rings. The van der Waals surface area contributed by atoms with Crippen LogP contribution in [-0.4, -0.2) is 243 Å². The number of nitrogens with one attached hydrogen (secondary N) is 15. The maximum Gasteiger partial charge on any atom is 0.326 e. The molecule has 42 heteroatoms. The summed E-state index contributed by atoms with van der Waals surface area (Å²) in [6.07, 6.45) is -1.43. The number of carboxylic acids is 2. The van der Waals surface area contributed by atoms with Crippen LogP contribution in [0, 0.1) is 28.6 Å². The summed E-state index contributed by atoms with van der Waals surface area (Å²) in [6, 6.07) is -6.97.